The molecule has 0 saturated heterocycles. The maximum Gasteiger partial charge on any atom is 0.160 e. The van der Waals surface area contributed by atoms with Crippen LogP contribution in [0.4, 0.5) is 5.82 Å². The summed E-state index contributed by atoms with van der Waals surface area (Å²) in [5, 5.41) is 3.22. The molecule has 0 aliphatic rings. The Bertz CT molecular complexity index is 470. The number of hydrogen-bond acceptors (Lipinski definition) is 7. The van der Waals surface area contributed by atoms with Gasteiger partial charge >= 0.3 is 0 Å². The minimum absolute atomic E-state index is 0.850. The molecule has 0 saturated carbocycles. The van der Waals surface area contributed by atoms with Crippen LogP contribution in [-0.2, 0) is 12.3 Å². The van der Waals surface area contributed by atoms with Crippen molar-refractivity contribution in [3.05, 3.63) is 29.9 Å². The average molecular weight is 298 g/mol. The largest absolute Gasteiger partial charge is 0.464 e. The molecular weight excluding hydrogens is 280 g/mol. The summed E-state index contributed by atoms with van der Waals surface area (Å²) in [6.45, 7) is 1.74. The molecule has 0 spiro atoms. The van der Waals surface area contributed by atoms with Crippen LogP contribution in [0.25, 0.3) is 0 Å². The molecule has 2 aromatic heterocycles. The lowest BCUT2D eigenvalue weighted by Gasteiger charge is -2.05. The van der Waals surface area contributed by atoms with Crippen molar-refractivity contribution in [1.29, 1.82) is 0 Å². The first-order valence-electron chi connectivity index (χ1n) is 6.05. The lowest BCUT2D eigenvalue weighted by molar-refractivity contribution is 0.344. The van der Waals surface area contributed by atoms with E-state index < -0.39 is 0 Å². The maximum atomic E-state index is 5.74. The summed E-state index contributed by atoms with van der Waals surface area (Å²) in [6.07, 6.45) is 1.75. The molecule has 2 aromatic rings. The Kier molecular flexibility index (Phi) is 5.68. The van der Waals surface area contributed by atoms with Gasteiger partial charge in [0.05, 0.1) is 30.2 Å². The second-order valence-corrected chi connectivity index (χ2v) is 6.04. The van der Waals surface area contributed by atoms with Gasteiger partial charge < -0.3 is 14.6 Å². The van der Waals surface area contributed by atoms with Gasteiger partial charge in [-0.05, 0) is 26.2 Å². The van der Waals surface area contributed by atoms with Gasteiger partial charge in [-0.1, -0.05) is 0 Å². The fourth-order valence-corrected chi connectivity index (χ4v) is 2.70. The molecule has 104 valence electrons. The van der Waals surface area contributed by atoms with Crippen LogP contribution in [0.5, 0.6) is 0 Å². The third-order valence-corrected chi connectivity index (χ3v) is 3.81. The van der Waals surface area contributed by atoms with Crippen LogP contribution in [0.15, 0.2) is 22.7 Å². The summed E-state index contributed by atoms with van der Waals surface area (Å²) in [6, 6.07) is 4.11. The number of thioether (sulfide) groups is 1. The van der Waals surface area contributed by atoms with Gasteiger partial charge in [-0.2, -0.15) is 20.5 Å². The van der Waals surface area contributed by atoms with Crippen LogP contribution >= 0.6 is 23.5 Å². The predicted molar refractivity (Wildman–Crippen MR) is 80.7 cm³/mol. The van der Waals surface area contributed by atoms with Crippen LogP contribution in [-0.4, -0.2) is 40.0 Å². The van der Waals surface area contributed by atoms with E-state index in [4.69, 9.17) is 4.42 Å². The minimum Gasteiger partial charge on any atom is -0.464 e. The summed E-state index contributed by atoms with van der Waals surface area (Å²) in [4.78, 5) is 2.10. The highest BCUT2D eigenvalue weighted by Crippen LogP contribution is 2.16. The zero-order chi connectivity index (χ0) is 13.5. The molecular formula is C12H18N4OS2. The normalized spacial score (nSPS) is 11.1. The molecule has 0 fully saturated rings. The number of hydrogen-bond donors (Lipinski definition) is 1. The Hall–Kier alpha value is -1.05. The van der Waals surface area contributed by atoms with Gasteiger partial charge in [0.2, 0.25) is 0 Å². The molecule has 0 aliphatic carbocycles. The van der Waals surface area contributed by atoms with Crippen LogP contribution in [0.3, 0.4) is 0 Å². The topological polar surface area (TPSA) is 54.2 Å². The summed E-state index contributed by atoms with van der Waals surface area (Å²) in [5.41, 5.74) is 0. The van der Waals surface area contributed by atoms with E-state index in [9.17, 15) is 0 Å². The van der Waals surface area contributed by atoms with Crippen molar-refractivity contribution in [2.24, 2.45) is 0 Å². The highest BCUT2D eigenvalue weighted by atomic mass is 32.2. The maximum absolute atomic E-state index is 5.74. The zero-order valence-corrected chi connectivity index (χ0v) is 12.8. The van der Waals surface area contributed by atoms with Gasteiger partial charge in [0.1, 0.15) is 11.5 Å². The van der Waals surface area contributed by atoms with E-state index in [0.29, 0.717) is 0 Å². The van der Waals surface area contributed by atoms with Crippen LogP contribution < -0.4 is 5.32 Å². The van der Waals surface area contributed by atoms with Crippen molar-refractivity contribution in [2.45, 2.75) is 12.3 Å². The number of rotatable bonds is 8. The molecule has 0 atom stereocenters. The Morgan fingerprint density at radius 2 is 2.21 bits per heavy atom. The fourth-order valence-electron chi connectivity index (χ4n) is 1.56. The third kappa shape index (κ3) is 5.22. The smallest absolute Gasteiger partial charge is 0.160 e. The molecule has 0 radical (unpaired) electrons. The van der Waals surface area contributed by atoms with Crippen molar-refractivity contribution < 1.29 is 4.42 Å². The molecule has 0 aliphatic heterocycles. The van der Waals surface area contributed by atoms with Gasteiger partial charge in [0.15, 0.2) is 5.82 Å². The summed E-state index contributed by atoms with van der Waals surface area (Å²) >= 11 is 3.07. The summed E-state index contributed by atoms with van der Waals surface area (Å²) in [5.74, 6) is 4.84. The van der Waals surface area contributed by atoms with Crippen LogP contribution in [0.1, 0.15) is 11.5 Å². The Labute approximate surface area is 121 Å². The van der Waals surface area contributed by atoms with Gasteiger partial charge in [0.25, 0.3) is 0 Å². The lowest BCUT2D eigenvalue weighted by Crippen LogP contribution is -2.09. The van der Waals surface area contributed by atoms with Crippen molar-refractivity contribution in [1.82, 2.24) is 13.6 Å². The fraction of sp³-hybridized carbons (Fsp3) is 0.500. The van der Waals surface area contributed by atoms with Gasteiger partial charge in [-0.3, -0.25) is 0 Å². The highest BCUT2D eigenvalue weighted by Gasteiger charge is 2.03. The number of nitrogens with zero attached hydrogens (tertiary/aromatic N) is 3. The SMILES string of the molecule is CN(C)Cc1ccc(CSCCNc2cnsn2)o1. The molecule has 1 N–H and O–H groups in total. The highest BCUT2D eigenvalue weighted by molar-refractivity contribution is 7.98. The van der Waals surface area contributed by atoms with Crippen molar-refractivity contribution >= 4 is 29.3 Å². The first-order chi connectivity index (χ1) is 9.24. The number of furan rings is 1. The number of aromatic nitrogens is 2. The molecule has 0 aromatic carbocycles. The first kappa shape index (κ1) is 14.4. The van der Waals surface area contributed by atoms with E-state index in [1.54, 1.807) is 6.20 Å². The van der Waals surface area contributed by atoms with Crippen molar-refractivity contribution in [2.75, 3.05) is 31.7 Å². The second kappa shape index (κ2) is 7.52. The predicted octanol–water partition coefficient (Wildman–Crippen LogP) is 2.54. The molecule has 2 heterocycles. The molecule has 0 amide bonds. The van der Waals surface area contributed by atoms with E-state index in [1.807, 2.05) is 25.9 Å². The van der Waals surface area contributed by atoms with Gasteiger partial charge in [0, 0.05) is 12.3 Å². The number of anilines is 1. The van der Waals surface area contributed by atoms with E-state index in [-0.39, 0.29) is 0 Å². The monoisotopic (exact) mass is 298 g/mol. The Morgan fingerprint density at radius 3 is 2.95 bits per heavy atom. The molecule has 0 bridgehead atoms. The molecule has 0 unspecified atom stereocenters. The third-order valence-electron chi connectivity index (χ3n) is 2.35. The van der Waals surface area contributed by atoms with E-state index in [2.05, 4.69) is 31.1 Å². The molecule has 19 heavy (non-hydrogen) atoms. The lowest BCUT2D eigenvalue weighted by atomic mass is 10.4. The zero-order valence-electron chi connectivity index (χ0n) is 11.1. The minimum atomic E-state index is 0.850. The second-order valence-electron chi connectivity index (χ2n) is 4.38. The van der Waals surface area contributed by atoms with Gasteiger partial charge in [-0.25, -0.2) is 0 Å². The summed E-state index contributed by atoms with van der Waals surface area (Å²) < 4.78 is 13.8. The number of nitrogens with one attached hydrogen (secondary N) is 1. The van der Waals surface area contributed by atoms with E-state index in [1.165, 1.54) is 11.7 Å². The van der Waals surface area contributed by atoms with E-state index >= 15 is 0 Å². The van der Waals surface area contributed by atoms with Crippen molar-refractivity contribution in [3.63, 3.8) is 0 Å². The average Bonchev–Trinajstić information content (AvgIpc) is 3.00. The Morgan fingerprint density at radius 1 is 1.37 bits per heavy atom. The van der Waals surface area contributed by atoms with Gasteiger partial charge in [-0.15, -0.1) is 0 Å². The molecule has 2 rings (SSSR count). The quantitative estimate of drug-likeness (QED) is 0.756. The van der Waals surface area contributed by atoms with Crippen molar-refractivity contribution in [3.8, 4) is 0 Å². The van der Waals surface area contributed by atoms with Crippen LogP contribution in [0.2, 0.25) is 0 Å². The molecule has 5 nitrogen and oxygen atoms in total. The van der Waals surface area contributed by atoms with E-state index in [0.717, 1.165) is 41.9 Å². The molecule has 7 heteroatoms. The first-order valence-corrected chi connectivity index (χ1v) is 7.94. The summed E-state index contributed by atoms with van der Waals surface area (Å²) in [7, 11) is 4.08. The Balaban J connectivity index is 1.61. The standard InChI is InChI=1S/C12H18N4OS2/c1-16(2)8-10-3-4-11(17-10)9-18-6-5-13-12-7-14-19-15-12/h3-4,7H,5-6,8-9H2,1-2H3,(H,13,15). The van der Waals surface area contributed by atoms with Crippen LogP contribution in [0, 0.1) is 0 Å².